The van der Waals surface area contributed by atoms with Crippen LogP contribution in [0.5, 0.6) is 0 Å². The van der Waals surface area contributed by atoms with Crippen LogP contribution in [0.4, 0.5) is 0 Å². The van der Waals surface area contributed by atoms with Gasteiger partial charge in [-0.15, -0.1) is 0 Å². The summed E-state index contributed by atoms with van der Waals surface area (Å²) in [5.74, 6) is 0. The highest BCUT2D eigenvalue weighted by Crippen LogP contribution is 2.43. The fourth-order valence-corrected chi connectivity index (χ4v) is 9.21. The Hall–Kier alpha value is -3.65. The summed E-state index contributed by atoms with van der Waals surface area (Å²) in [7, 11) is -0.404. The van der Waals surface area contributed by atoms with Crippen molar-refractivity contribution in [2.75, 3.05) is 52.4 Å². The molecular formula is C42H46BBrCl2N8O. The van der Waals surface area contributed by atoms with Crippen molar-refractivity contribution in [2.24, 2.45) is 0 Å². The molecule has 5 aromatic rings. The summed E-state index contributed by atoms with van der Waals surface area (Å²) in [4.78, 5) is 20.9. The Balaban J connectivity index is 0.000000170. The number of nitrogens with zero attached hydrogens (tertiary/aromatic N) is 7. The van der Waals surface area contributed by atoms with Gasteiger partial charge in [-0.25, -0.2) is 4.98 Å². The summed E-state index contributed by atoms with van der Waals surface area (Å²) < 4.78 is 3.14. The van der Waals surface area contributed by atoms with E-state index >= 15 is 0 Å². The molecule has 9 nitrogen and oxygen atoms in total. The molecule has 2 atom stereocenters. The molecule has 13 heteroatoms. The zero-order chi connectivity index (χ0) is 37.9. The highest BCUT2D eigenvalue weighted by atomic mass is 79.9. The van der Waals surface area contributed by atoms with Gasteiger partial charge in [0.1, 0.15) is 0 Å². The maximum absolute atomic E-state index is 9.87. The lowest BCUT2D eigenvalue weighted by Crippen LogP contribution is -2.52. The fourth-order valence-electron chi connectivity index (χ4n) is 8.28. The smallest absolute Gasteiger partial charge is 0.376 e. The Morgan fingerprint density at radius 1 is 0.800 bits per heavy atom. The minimum atomic E-state index is -0.404. The number of aromatic nitrogens is 4. The van der Waals surface area contributed by atoms with Crippen molar-refractivity contribution in [2.45, 2.75) is 31.9 Å². The standard InChI is InChI=1S/C23H24ClN5.C19H20BBrClN3O.H2/c24-19-3-4-20-21(15-19)17(5-10-28-11-7-26-16-28)14-18-2-1-6-27-22(18)23(20)29-12-8-25-9-13-29;1-20(26)25-9-7-24(8-10-25)19-15-5-4-14(22)12-16(15)17(21)11-13-3-2-6-23-18(13)19;/h1-4,6-7,11,14-16,23,25H,5,8-10,12-13H2;2-6,11-12,19,26H,7-10H2,1H3;1H. The van der Waals surface area contributed by atoms with Gasteiger partial charge in [-0.2, -0.15) is 0 Å². The van der Waals surface area contributed by atoms with E-state index in [1.54, 1.807) is 0 Å². The van der Waals surface area contributed by atoms with E-state index in [0.29, 0.717) is 0 Å². The van der Waals surface area contributed by atoms with E-state index in [0.717, 1.165) is 102 Å². The van der Waals surface area contributed by atoms with Crippen LogP contribution in [0, 0.1) is 0 Å². The first-order valence-corrected chi connectivity index (χ1v) is 20.5. The molecule has 0 bridgehead atoms. The summed E-state index contributed by atoms with van der Waals surface area (Å²) in [5, 5.41) is 14.8. The second-order valence-electron chi connectivity index (χ2n) is 14.4. The van der Waals surface area contributed by atoms with Crippen LogP contribution in [-0.2, 0) is 6.54 Å². The third kappa shape index (κ3) is 8.41. The maximum atomic E-state index is 9.87. The van der Waals surface area contributed by atoms with Crippen molar-refractivity contribution in [1.82, 2.24) is 39.4 Å². The van der Waals surface area contributed by atoms with E-state index in [1.807, 2.05) is 68.3 Å². The Morgan fingerprint density at radius 3 is 2.02 bits per heavy atom. The van der Waals surface area contributed by atoms with Gasteiger partial charge in [0, 0.05) is 99.6 Å². The molecule has 0 amide bonds. The highest BCUT2D eigenvalue weighted by Gasteiger charge is 2.34. The molecule has 2 unspecified atom stereocenters. The van der Waals surface area contributed by atoms with Crippen LogP contribution in [-0.4, -0.2) is 98.6 Å². The normalized spacial score (nSPS) is 19.9. The lowest BCUT2D eigenvalue weighted by atomic mass is 9.84. The lowest BCUT2D eigenvalue weighted by Gasteiger charge is -2.40. The molecule has 0 spiro atoms. The molecule has 2 aliphatic heterocycles. The molecule has 0 saturated carbocycles. The predicted molar refractivity (Wildman–Crippen MR) is 230 cm³/mol. The van der Waals surface area contributed by atoms with E-state index in [9.17, 15) is 5.02 Å². The SMILES string of the molecule is CB(O)N1CCN(C2c3ccc(Cl)cc3C(Br)=Cc3cccnc32)CC1.Clc1ccc2c(c1)C(CCn1ccnc1)=Cc1cccnc1C2N1CCNCC1.[HH]. The Labute approximate surface area is 343 Å². The molecular weight excluding hydrogens is 794 g/mol. The molecule has 2 N–H and O–H groups in total. The average Bonchev–Trinajstić information content (AvgIpc) is 3.65. The van der Waals surface area contributed by atoms with Crippen LogP contribution in [0.15, 0.2) is 91.8 Å². The Bertz CT molecular complexity index is 2190. The highest BCUT2D eigenvalue weighted by molar-refractivity contribution is 9.15. The van der Waals surface area contributed by atoms with E-state index in [1.165, 1.54) is 27.8 Å². The molecule has 3 aromatic heterocycles. The monoisotopic (exact) mass is 838 g/mol. The number of rotatable bonds is 6. The van der Waals surface area contributed by atoms with Gasteiger partial charge in [0.15, 0.2) is 0 Å². The van der Waals surface area contributed by atoms with E-state index in [2.05, 4.69) is 87.9 Å². The van der Waals surface area contributed by atoms with Gasteiger partial charge < -0.3 is 19.7 Å². The van der Waals surface area contributed by atoms with E-state index < -0.39 is 7.05 Å². The average molecular weight is 841 g/mol. The topological polar surface area (TPSA) is 85.6 Å². The molecule has 2 saturated heterocycles. The van der Waals surface area contributed by atoms with Crippen LogP contribution < -0.4 is 5.32 Å². The number of aryl methyl sites for hydroxylation is 1. The number of allylic oxidation sites excluding steroid dienone is 1. The minimum absolute atomic E-state index is 0. The lowest BCUT2D eigenvalue weighted by molar-refractivity contribution is 0.144. The van der Waals surface area contributed by atoms with Crippen molar-refractivity contribution >= 4 is 68.4 Å². The van der Waals surface area contributed by atoms with Crippen molar-refractivity contribution in [1.29, 1.82) is 0 Å². The fraction of sp³-hybridized carbons (Fsp3) is 0.310. The van der Waals surface area contributed by atoms with Gasteiger partial charge in [-0.3, -0.25) is 19.8 Å². The molecule has 2 aromatic carbocycles. The molecule has 9 rings (SSSR count). The number of benzene rings is 2. The van der Waals surface area contributed by atoms with Gasteiger partial charge >= 0.3 is 7.05 Å². The molecule has 2 fully saturated rings. The third-order valence-electron chi connectivity index (χ3n) is 11.1. The molecule has 0 radical (unpaired) electrons. The van der Waals surface area contributed by atoms with Crippen LogP contribution in [0.25, 0.3) is 22.2 Å². The number of nitrogens with one attached hydrogen (secondary N) is 1. The van der Waals surface area contributed by atoms with Gasteiger partial charge in [0.25, 0.3) is 0 Å². The number of hydrogen-bond donors (Lipinski definition) is 2. The van der Waals surface area contributed by atoms with Gasteiger partial charge in [0.05, 0.1) is 29.8 Å². The molecule has 284 valence electrons. The number of hydrogen-bond acceptors (Lipinski definition) is 8. The van der Waals surface area contributed by atoms with Crippen LogP contribution in [0.3, 0.4) is 0 Å². The molecule has 5 heterocycles. The Morgan fingerprint density at radius 2 is 1.40 bits per heavy atom. The summed E-state index contributed by atoms with van der Waals surface area (Å²) in [6, 6.07) is 20.9. The summed E-state index contributed by atoms with van der Waals surface area (Å²) in [5.41, 5.74) is 10.7. The van der Waals surface area contributed by atoms with Crippen molar-refractivity contribution in [3.8, 4) is 0 Å². The van der Waals surface area contributed by atoms with Crippen LogP contribution in [0.2, 0.25) is 16.9 Å². The number of fused-ring (bicyclic) bond motifs is 4. The zero-order valence-corrected chi connectivity index (χ0v) is 33.9. The number of imidazole rings is 1. The third-order valence-corrected chi connectivity index (χ3v) is 12.2. The Kier molecular flexibility index (Phi) is 12.0. The number of pyridine rings is 2. The molecule has 4 aliphatic rings. The van der Waals surface area contributed by atoms with Crippen LogP contribution >= 0.6 is 39.1 Å². The van der Waals surface area contributed by atoms with Gasteiger partial charge in [-0.1, -0.05) is 63.4 Å². The zero-order valence-electron chi connectivity index (χ0n) is 30.8. The van der Waals surface area contributed by atoms with Crippen molar-refractivity contribution in [3.63, 3.8) is 0 Å². The maximum Gasteiger partial charge on any atom is 0.376 e. The first kappa shape index (κ1) is 38.2. The number of piperazine rings is 2. The van der Waals surface area contributed by atoms with Crippen molar-refractivity contribution < 1.29 is 6.45 Å². The molecule has 55 heavy (non-hydrogen) atoms. The quantitative estimate of drug-likeness (QED) is 0.167. The van der Waals surface area contributed by atoms with Crippen LogP contribution in [0.1, 0.15) is 64.7 Å². The summed E-state index contributed by atoms with van der Waals surface area (Å²) in [6.07, 6.45) is 14.8. The van der Waals surface area contributed by atoms with Gasteiger partial charge in [-0.05, 0) is 101 Å². The first-order chi connectivity index (χ1) is 26.8. The second kappa shape index (κ2) is 17.2. The predicted octanol–water partition coefficient (Wildman–Crippen LogP) is 7.88. The first-order valence-electron chi connectivity index (χ1n) is 19.0. The minimum Gasteiger partial charge on any atom is -0.437 e. The molecule has 2 aliphatic carbocycles. The van der Waals surface area contributed by atoms with Crippen molar-refractivity contribution in [3.05, 3.63) is 147 Å². The number of halogens is 3. The largest absolute Gasteiger partial charge is 0.437 e. The van der Waals surface area contributed by atoms with E-state index in [-0.39, 0.29) is 13.5 Å². The van der Waals surface area contributed by atoms with Gasteiger partial charge in [0.2, 0.25) is 0 Å². The summed E-state index contributed by atoms with van der Waals surface area (Å²) >= 11 is 16.5. The van der Waals surface area contributed by atoms with E-state index in [4.69, 9.17) is 33.2 Å². The summed E-state index contributed by atoms with van der Waals surface area (Å²) in [6.45, 7) is 10.2. The second-order valence-corrected chi connectivity index (χ2v) is 16.2.